The average Bonchev–Trinajstić information content (AvgIpc) is 3.14. The molecule has 3 atom stereocenters. The summed E-state index contributed by atoms with van der Waals surface area (Å²) in [6.45, 7) is 5.73. The first-order valence-electron chi connectivity index (χ1n) is 12.0. The molecule has 7 nitrogen and oxygen atoms in total. The van der Waals surface area contributed by atoms with Crippen LogP contribution in [0.1, 0.15) is 50.7 Å². The lowest BCUT2D eigenvalue weighted by molar-refractivity contribution is -0.142. The van der Waals surface area contributed by atoms with Gasteiger partial charge in [0.2, 0.25) is 5.91 Å². The van der Waals surface area contributed by atoms with E-state index in [4.69, 9.17) is 4.74 Å². The van der Waals surface area contributed by atoms with Crippen LogP contribution < -0.4 is 10.6 Å². The van der Waals surface area contributed by atoms with Crippen LogP contribution in [0, 0.1) is 11.3 Å². The van der Waals surface area contributed by atoms with Crippen molar-refractivity contribution in [1.82, 2.24) is 10.6 Å². The van der Waals surface area contributed by atoms with Crippen LogP contribution in [0.2, 0.25) is 0 Å². The number of amides is 2. The number of carbonyl (C=O) groups excluding carboxylic acids is 2. The minimum atomic E-state index is -0.877. The summed E-state index contributed by atoms with van der Waals surface area (Å²) in [5, 5.41) is 14.9. The molecule has 3 N–H and O–H groups in total. The molecule has 4 rings (SSSR count). The Morgan fingerprint density at radius 1 is 1.03 bits per heavy atom. The minimum absolute atomic E-state index is 0.0737. The van der Waals surface area contributed by atoms with E-state index in [1.807, 2.05) is 51.1 Å². The molecule has 0 bridgehead atoms. The van der Waals surface area contributed by atoms with Crippen molar-refractivity contribution in [3.63, 3.8) is 0 Å². The molecule has 184 valence electrons. The Labute approximate surface area is 205 Å². The second kappa shape index (κ2) is 9.94. The maximum atomic E-state index is 13.1. The summed E-state index contributed by atoms with van der Waals surface area (Å²) in [6.07, 6.45) is 3.69. The largest absolute Gasteiger partial charge is 0.481 e. The highest BCUT2D eigenvalue weighted by atomic mass is 16.5. The van der Waals surface area contributed by atoms with Gasteiger partial charge in [-0.1, -0.05) is 81.5 Å². The van der Waals surface area contributed by atoms with Gasteiger partial charge < -0.3 is 20.5 Å². The highest BCUT2D eigenvalue weighted by molar-refractivity contribution is 5.87. The molecular formula is C28H32N2O5. The second-order valence-corrected chi connectivity index (χ2v) is 10.3. The standard InChI is InChI=1S/C28H32N2O5/c1-28(2,3)24(25(31)29-18-10-8-9-17(15-18)26(32)33)30-27(34)35-16-23-21-13-6-4-11-19(21)20-12-5-7-14-22(20)23/h4-8,10-14,17-18,23-24H,9,15-16H2,1-3H3,(H,29,31)(H,30,34)(H,32,33)/t17-,18-,24-/m0/s1. The molecule has 0 heterocycles. The van der Waals surface area contributed by atoms with Crippen LogP contribution in [0.25, 0.3) is 11.1 Å². The monoisotopic (exact) mass is 476 g/mol. The third-order valence-corrected chi connectivity index (χ3v) is 6.74. The van der Waals surface area contributed by atoms with E-state index in [1.165, 1.54) is 0 Å². The van der Waals surface area contributed by atoms with Crippen LogP contribution in [0.15, 0.2) is 60.7 Å². The molecule has 7 heteroatoms. The molecule has 0 unspecified atom stereocenters. The molecular weight excluding hydrogens is 444 g/mol. The van der Waals surface area contributed by atoms with E-state index in [1.54, 1.807) is 6.08 Å². The number of nitrogens with one attached hydrogen (secondary N) is 2. The Kier molecular flexibility index (Phi) is 6.96. The van der Waals surface area contributed by atoms with Gasteiger partial charge in [-0.3, -0.25) is 9.59 Å². The van der Waals surface area contributed by atoms with Crippen molar-refractivity contribution in [3.05, 3.63) is 71.8 Å². The number of hydrogen-bond donors (Lipinski definition) is 3. The van der Waals surface area contributed by atoms with Gasteiger partial charge in [0.15, 0.2) is 0 Å². The van der Waals surface area contributed by atoms with Crippen molar-refractivity contribution in [1.29, 1.82) is 0 Å². The molecule has 35 heavy (non-hydrogen) atoms. The summed E-state index contributed by atoms with van der Waals surface area (Å²) in [5.41, 5.74) is 3.93. The van der Waals surface area contributed by atoms with E-state index in [0.29, 0.717) is 12.8 Å². The molecule has 2 amide bonds. The van der Waals surface area contributed by atoms with E-state index in [0.717, 1.165) is 22.3 Å². The first kappa shape index (κ1) is 24.5. The van der Waals surface area contributed by atoms with Gasteiger partial charge in [0, 0.05) is 12.0 Å². The number of allylic oxidation sites excluding steroid dienone is 1. The number of ether oxygens (including phenoxy) is 1. The third-order valence-electron chi connectivity index (χ3n) is 6.74. The number of carbonyl (C=O) groups is 3. The van der Waals surface area contributed by atoms with Crippen LogP contribution in [0.5, 0.6) is 0 Å². The number of rotatable bonds is 6. The Bertz CT molecular complexity index is 1100. The summed E-state index contributed by atoms with van der Waals surface area (Å²) in [6, 6.07) is 15.0. The molecule has 2 aliphatic rings. The van der Waals surface area contributed by atoms with Crippen molar-refractivity contribution < 1.29 is 24.2 Å². The lowest BCUT2D eigenvalue weighted by Crippen LogP contribution is -2.55. The predicted octanol–water partition coefficient (Wildman–Crippen LogP) is 4.48. The van der Waals surface area contributed by atoms with Gasteiger partial charge in [0.25, 0.3) is 0 Å². The number of fused-ring (bicyclic) bond motifs is 3. The Balaban J connectivity index is 1.41. The number of alkyl carbamates (subject to hydrolysis) is 1. The van der Waals surface area contributed by atoms with Gasteiger partial charge in [-0.2, -0.15) is 0 Å². The Morgan fingerprint density at radius 3 is 2.20 bits per heavy atom. The molecule has 0 saturated carbocycles. The zero-order valence-corrected chi connectivity index (χ0v) is 20.3. The van der Waals surface area contributed by atoms with Gasteiger partial charge >= 0.3 is 12.1 Å². The number of benzene rings is 2. The van der Waals surface area contributed by atoms with Gasteiger partial charge in [-0.25, -0.2) is 4.79 Å². The first-order valence-corrected chi connectivity index (χ1v) is 12.0. The zero-order valence-electron chi connectivity index (χ0n) is 20.3. The molecule has 2 aliphatic carbocycles. The maximum absolute atomic E-state index is 13.1. The van der Waals surface area contributed by atoms with Crippen molar-refractivity contribution in [2.45, 2.75) is 51.6 Å². The number of carboxylic acids is 1. The highest BCUT2D eigenvalue weighted by Crippen LogP contribution is 2.44. The SMILES string of the molecule is CC(C)(C)[C@@H](NC(=O)OCC1c2ccccc2-c2ccccc21)C(=O)N[C@H]1C=CC[C@H](C(=O)O)C1. The number of hydrogen-bond acceptors (Lipinski definition) is 4. The van der Waals surface area contributed by atoms with Crippen LogP contribution in [-0.4, -0.2) is 41.8 Å². The van der Waals surface area contributed by atoms with E-state index in [9.17, 15) is 19.5 Å². The normalized spacial score (nSPS) is 19.9. The van der Waals surface area contributed by atoms with Crippen molar-refractivity contribution in [2.24, 2.45) is 11.3 Å². The lowest BCUT2D eigenvalue weighted by atomic mass is 9.85. The number of aliphatic carboxylic acids is 1. The van der Waals surface area contributed by atoms with Crippen LogP contribution in [-0.2, 0) is 14.3 Å². The first-order chi connectivity index (χ1) is 16.6. The lowest BCUT2D eigenvalue weighted by Gasteiger charge is -2.32. The molecule has 0 fully saturated rings. The van der Waals surface area contributed by atoms with Gasteiger partial charge in [-0.05, 0) is 40.5 Å². The topological polar surface area (TPSA) is 105 Å². The summed E-state index contributed by atoms with van der Waals surface area (Å²) >= 11 is 0. The molecule has 0 aromatic heterocycles. The van der Waals surface area contributed by atoms with Gasteiger partial charge in [0.05, 0.1) is 5.92 Å². The van der Waals surface area contributed by atoms with Crippen molar-refractivity contribution >= 4 is 18.0 Å². The maximum Gasteiger partial charge on any atom is 0.407 e. The summed E-state index contributed by atoms with van der Waals surface area (Å²) < 4.78 is 5.63. The summed E-state index contributed by atoms with van der Waals surface area (Å²) in [4.78, 5) is 37.2. The molecule has 2 aromatic carbocycles. The van der Waals surface area contributed by atoms with E-state index in [-0.39, 0.29) is 18.4 Å². The van der Waals surface area contributed by atoms with E-state index < -0.39 is 35.5 Å². The molecule has 0 saturated heterocycles. The van der Waals surface area contributed by atoms with Crippen LogP contribution in [0.3, 0.4) is 0 Å². The molecule has 0 aliphatic heterocycles. The molecule has 0 spiro atoms. The molecule has 2 aromatic rings. The fraction of sp³-hybridized carbons (Fsp3) is 0.393. The average molecular weight is 477 g/mol. The number of carboxylic acid groups (broad SMARTS) is 1. The summed E-state index contributed by atoms with van der Waals surface area (Å²) in [7, 11) is 0. The van der Waals surface area contributed by atoms with E-state index >= 15 is 0 Å². The fourth-order valence-electron chi connectivity index (χ4n) is 4.90. The van der Waals surface area contributed by atoms with Crippen LogP contribution in [0.4, 0.5) is 4.79 Å². The van der Waals surface area contributed by atoms with E-state index in [2.05, 4.69) is 34.9 Å². The summed E-state index contributed by atoms with van der Waals surface area (Å²) in [5.74, 6) is -1.85. The van der Waals surface area contributed by atoms with Gasteiger partial charge in [-0.15, -0.1) is 0 Å². The van der Waals surface area contributed by atoms with Gasteiger partial charge in [0.1, 0.15) is 12.6 Å². The highest BCUT2D eigenvalue weighted by Gasteiger charge is 2.36. The Hall–Kier alpha value is -3.61. The van der Waals surface area contributed by atoms with Crippen molar-refractivity contribution in [2.75, 3.05) is 6.61 Å². The fourth-order valence-corrected chi connectivity index (χ4v) is 4.90. The zero-order chi connectivity index (χ0) is 25.2. The minimum Gasteiger partial charge on any atom is -0.481 e. The third kappa shape index (κ3) is 5.39. The van der Waals surface area contributed by atoms with Crippen LogP contribution >= 0.6 is 0 Å². The second-order valence-electron chi connectivity index (χ2n) is 10.3. The Morgan fingerprint density at radius 2 is 1.63 bits per heavy atom. The molecule has 0 radical (unpaired) electrons. The smallest absolute Gasteiger partial charge is 0.407 e. The quantitative estimate of drug-likeness (QED) is 0.534. The predicted molar refractivity (Wildman–Crippen MR) is 133 cm³/mol. The van der Waals surface area contributed by atoms with Crippen molar-refractivity contribution in [3.8, 4) is 11.1 Å².